The summed E-state index contributed by atoms with van der Waals surface area (Å²) >= 11 is 0. The van der Waals surface area contributed by atoms with Gasteiger partial charge in [-0.3, -0.25) is 19.3 Å². The molecule has 1 N–H and O–H groups in total. The number of hydrogen-bond donors (Lipinski definition) is 1. The molecule has 1 spiro atoms. The number of carbonyl (C=O) groups is 3. The smallest absolute Gasteiger partial charge is 0.264 e. The van der Waals surface area contributed by atoms with E-state index in [1.54, 1.807) is 27.8 Å². The summed E-state index contributed by atoms with van der Waals surface area (Å²) < 4.78 is 23.4. The highest BCUT2D eigenvalue weighted by atomic mass is 28.4. The van der Waals surface area contributed by atoms with Gasteiger partial charge >= 0.3 is 0 Å². The van der Waals surface area contributed by atoms with Crippen LogP contribution in [0.3, 0.4) is 0 Å². The first-order valence-corrected chi connectivity index (χ1v) is 20.1. The first-order chi connectivity index (χ1) is 23.5. The summed E-state index contributed by atoms with van der Waals surface area (Å²) in [6.45, 7) is 5.83. The van der Waals surface area contributed by atoms with Gasteiger partial charge in [0.05, 0.1) is 48.7 Å². The fourth-order valence-corrected chi connectivity index (χ4v) is 11.6. The molecule has 2 fully saturated rings. The number of benzene rings is 4. The molecule has 8 rings (SSSR count). The average Bonchev–Trinajstić information content (AvgIpc) is 3.82. The van der Waals surface area contributed by atoms with Crippen LogP contribution in [-0.4, -0.2) is 61.4 Å². The van der Waals surface area contributed by atoms with E-state index in [0.717, 1.165) is 34.9 Å². The van der Waals surface area contributed by atoms with Gasteiger partial charge in [0.15, 0.2) is 5.60 Å². The lowest BCUT2D eigenvalue weighted by molar-refractivity contribution is -0.150. The zero-order valence-corrected chi connectivity index (χ0v) is 28.9. The van der Waals surface area contributed by atoms with Crippen molar-refractivity contribution in [2.75, 3.05) is 23.0 Å². The molecule has 0 radical (unpaired) electrons. The molecular formula is C39H40FN3O5Si. The zero-order chi connectivity index (χ0) is 34.2. The molecule has 5 atom stereocenters. The number of nitrogens with zero attached hydrogens (tertiary/aromatic N) is 3. The summed E-state index contributed by atoms with van der Waals surface area (Å²) in [7, 11) is -3.53. The van der Waals surface area contributed by atoms with Crippen LogP contribution in [0.4, 0.5) is 21.2 Å². The van der Waals surface area contributed by atoms with E-state index in [-0.39, 0.29) is 43.3 Å². The predicted molar refractivity (Wildman–Crippen MR) is 189 cm³/mol. The van der Waals surface area contributed by atoms with E-state index in [0.29, 0.717) is 29.0 Å². The molecule has 4 aliphatic heterocycles. The third-order valence-electron chi connectivity index (χ3n) is 11.2. The zero-order valence-electron chi connectivity index (χ0n) is 27.9. The summed E-state index contributed by atoms with van der Waals surface area (Å²) in [6.07, 6.45) is 0.608. The minimum absolute atomic E-state index is 0.0729. The summed E-state index contributed by atoms with van der Waals surface area (Å²) in [5.74, 6) is -1.24. The molecule has 4 aliphatic rings. The molecular weight excluding hydrogens is 638 g/mol. The molecule has 4 heterocycles. The number of aliphatic hydroxyl groups is 1. The fourth-order valence-electron chi connectivity index (χ4n) is 9.11. The van der Waals surface area contributed by atoms with E-state index >= 15 is 4.11 Å². The number of ether oxygens (including phenoxy) is 1. The second-order valence-electron chi connectivity index (χ2n) is 14.4. The van der Waals surface area contributed by atoms with Gasteiger partial charge in [-0.1, -0.05) is 61.5 Å². The van der Waals surface area contributed by atoms with Crippen molar-refractivity contribution in [2.24, 2.45) is 5.92 Å². The Balaban J connectivity index is 1.25. The highest BCUT2D eigenvalue weighted by Gasteiger charge is 2.67. The van der Waals surface area contributed by atoms with E-state index < -0.39 is 31.6 Å². The predicted octanol–water partition coefficient (Wildman–Crippen LogP) is 6.83. The Morgan fingerprint density at radius 2 is 1.76 bits per heavy atom. The van der Waals surface area contributed by atoms with E-state index in [1.807, 2.05) is 91.9 Å². The number of hydrogen-bond acceptors (Lipinski definition) is 5. The monoisotopic (exact) mass is 677 g/mol. The number of aliphatic hydroxyl groups excluding tert-OH is 1. The van der Waals surface area contributed by atoms with Gasteiger partial charge in [-0.15, -0.1) is 0 Å². The molecule has 0 saturated carbocycles. The van der Waals surface area contributed by atoms with Crippen LogP contribution in [0.1, 0.15) is 47.7 Å². The summed E-state index contributed by atoms with van der Waals surface area (Å²) in [5.41, 5.74) is 1.91. The summed E-state index contributed by atoms with van der Waals surface area (Å²) in [5, 5.41) is 11.8. The van der Waals surface area contributed by atoms with Crippen molar-refractivity contribution < 1.29 is 28.3 Å². The Morgan fingerprint density at radius 3 is 2.49 bits per heavy atom. The van der Waals surface area contributed by atoms with Crippen LogP contribution in [0, 0.1) is 5.92 Å². The van der Waals surface area contributed by atoms with Gasteiger partial charge in [-0.05, 0) is 67.2 Å². The maximum Gasteiger partial charge on any atom is 0.264 e. The second kappa shape index (κ2) is 11.6. The van der Waals surface area contributed by atoms with Crippen molar-refractivity contribution in [3.63, 3.8) is 0 Å². The topological polar surface area (TPSA) is 90.4 Å². The molecule has 10 heteroatoms. The molecule has 0 unspecified atom stereocenters. The van der Waals surface area contributed by atoms with Gasteiger partial charge in [-0.2, -0.15) is 0 Å². The Kier molecular flexibility index (Phi) is 7.55. The van der Waals surface area contributed by atoms with Gasteiger partial charge < -0.3 is 23.8 Å². The molecule has 3 amide bonds. The second-order valence-corrected chi connectivity index (χ2v) is 18.2. The van der Waals surface area contributed by atoms with Crippen LogP contribution in [0.25, 0.3) is 10.8 Å². The highest BCUT2D eigenvalue weighted by Crippen LogP contribution is 2.61. The number of rotatable bonds is 7. The number of halogens is 1. The molecule has 4 aromatic carbocycles. The number of anilines is 3. The molecule has 2 saturated heterocycles. The molecule has 8 nitrogen and oxygen atoms in total. The minimum Gasteiger partial charge on any atom is -0.394 e. The Hall–Kier alpha value is -4.38. The van der Waals surface area contributed by atoms with Gasteiger partial charge in [0.1, 0.15) is 0 Å². The Labute approximate surface area is 286 Å². The van der Waals surface area contributed by atoms with Gasteiger partial charge in [0.2, 0.25) is 14.3 Å². The lowest BCUT2D eigenvalue weighted by atomic mass is 9.82. The number of fused-ring (bicyclic) bond motifs is 2. The number of carbonyl (C=O) groups excluding carboxylic acids is 3. The largest absolute Gasteiger partial charge is 0.394 e. The molecule has 4 aromatic rings. The normalized spacial score (nSPS) is 26.1. The van der Waals surface area contributed by atoms with Gasteiger partial charge in [0.25, 0.3) is 11.8 Å². The lowest BCUT2D eigenvalue weighted by Gasteiger charge is -2.31. The van der Waals surface area contributed by atoms with E-state index in [2.05, 4.69) is 0 Å². The Morgan fingerprint density at radius 1 is 1.00 bits per heavy atom. The van der Waals surface area contributed by atoms with Gasteiger partial charge in [-0.25, -0.2) is 0 Å². The van der Waals surface area contributed by atoms with Crippen molar-refractivity contribution >= 4 is 54.0 Å². The molecule has 49 heavy (non-hydrogen) atoms. The first-order valence-electron chi connectivity index (χ1n) is 17.2. The van der Waals surface area contributed by atoms with Crippen molar-refractivity contribution in [1.82, 2.24) is 4.90 Å². The van der Waals surface area contributed by atoms with Crippen molar-refractivity contribution in [3.05, 3.63) is 102 Å². The van der Waals surface area contributed by atoms with Crippen LogP contribution in [0.5, 0.6) is 0 Å². The van der Waals surface area contributed by atoms with E-state index in [1.165, 1.54) is 0 Å². The standard InChI is InChI=1S/C39H40FN3O5Si/c1-24-36(49(2,3)40)33(21-34(45)41-19-9-14-28(41)23-44)48-39(24)30-20-27(17-18-31(30)42(38(39)47)22-25-10-5-4-6-11-25)43-32-16-8-13-26-12-7-15-29(35(26)32)37(43)46/h4-8,10-13,15-18,20,24,28,33,36,44H,9,14,19,21-23H2,1-3H3/t24-,28-,33+,36-,39+/m0/s1. The third kappa shape index (κ3) is 4.79. The van der Waals surface area contributed by atoms with Crippen molar-refractivity contribution in [1.29, 1.82) is 0 Å². The molecule has 0 aromatic heterocycles. The van der Waals surface area contributed by atoms with Crippen LogP contribution < -0.4 is 9.80 Å². The maximum absolute atomic E-state index is 16.5. The minimum atomic E-state index is -3.53. The maximum atomic E-state index is 16.5. The lowest BCUT2D eigenvalue weighted by Crippen LogP contribution is -2.45. The molecule has 0 bridgehead atoms. The average molecular weight is 678 g/mol. The van der Waals surface area contributed by atoms with Crippen LogP contribution in [0.15, 0.2) is 84.9 Å². The Bertz CT molecular complexity index is 1990. The molecule has 252 valence electrons. The SMILES string of the molecule is C[C@H]1[C@H]([Si](C)(C)F)[C@@H](CC(=O)N2CCC[C@H]2CO)O[C@]12C(=O)N(Cc1ccccc1)c1ccc(N3C(=O)c4cccc5cccc3c45)cc12. The highest BCUT2D eigenvalue weighted by molar-refractivity contribution is 6.72. The van der Waals surface area contributed by atoms with Gasteiger partial charge in [0, 0.05) is 34.6 Å². The van der Waals surface area contributed by atoms with E-state index in [9.17, 15) is 19.5 Å². The van der Waals surface area contributed by atoms with Crippen LogP contribution >= 0.6 is 0 Å². The van der Waals surface area contributed by atoms with E-state index in [4.69, 9.17) is 4.74 Å². The summed E-state index contributed by atoms with van der Waals surface area (Å²) in [4.78, 5) is 47.8. The first kappa shape index (κ1) is 31.9. The summed E-state index contributed by atoms with van der Waals surface area (Å²) in [6, 6.07) is 26.6. The quantitative estimate of drug-likeness (QED) is 0.171. The fraction of sp³-hybridized carbons (Fsp3) is 0.359. The van der Waals surface area contributed by atoms with Crippen molar-refractivity contribution in [3.8, 4) is 0 Å². The third-order valence-corrected chi connectivity index (χ3v) is 13.7. The van der Waals surface area contributed by atoms with Crippen LogP contribution in [0.2, 0.25) is 18.6 Å². The van der Waals surface area contributed by atoms with Crippen molar-refractivity contribution in [2.45, 2.75) is 69.1 Å². The number of amides is 3. The molecule has 0 aliphatic carbocycles. The van der Waals surface area contributed by atoms with Crippen LogP contribution in [-0.2, 0) is 26.5 Å². The number of likely N-dealkylation sites (tertiary alicyclic amines) is 1.